The SMILES string of the molecule is Cc1c(C(=O)N2CCOC3(CCCCN(c4ccccc4)C3=O)C2)cnn1C. The van der Waals surface area contributed by atoms with Gasteiger partial charge in [0.05, 0.1) is 24.9 Å². The molecule has 2 aliphatic rings. The normalized spacial score (nSPS) is 23.1. The highest BCUT2D eigenvalue weighted by molar-refractivity contribution is 6.01. The molecule has 0 N–H and O–H groups in total. The molecule has 0 saturated carbocycles. The Bertz CT molecular complexity index is 879. The van der Waals surface area contributed by atoms with Crippen molar-refractivity contribution >= 4 is 17.5 Å². The third-order valence-electron chi connectivity index (χ3n) is 5.85. The molecule has 3 heterocycles. The van der Waals surface area contributed by atoms with Crippen LogP contribution in [0.15, 0.2) is 36.5 Å². The fourth-order valence-corrected chi connectivity index (χ4v) is 4.11. The minimum atomic E-state index is -0.976. The highest BCUT2D eigenvalue weighted by Gasteiger charge is 2.48. The summed E-state index contributed by atoms with van der Waals surface area (Å²) >= 11 is 0. The lowest BCUT2D eigenvalue weighted by Gasteiger charge is -2.42. The van der Waals surface area contributed by atoms with Crippen molar-refractivity contribution in [2.45, 2.75) is 31.8 Å². The van der Waals surface area contributed by atoms with Gasteiger partial charge in [0, 0.05) is 31.5 Å². The Hall–Kier alpha value is -2.67. The summed E-state index contributed by atoms with van der Waals surface area (Å²) in [5.74, 6) is -0.131. The smallest absolute Gasteiger partial charge is 0.261 e. The highest BCUT2D eigenvalue weighted by atomic mass is 16.5. The van der Waals surface area contributed by atoms with Crippen LogP contribution in [-0.4, -0.2) is 58.3 Å². The fraction of sp³-hybridized carbons (Fsp3) is 0.476. The highest BCUT2D eigenvalue weighted by Crippen LogP contribution is 2.32. The molecule has 1 spiro atoms. The van der Waals surface area contributed by atoms with Crippen molar-refractivity contribution in [3.05, 3.63) is 47.8 Å². The first-order valence-corrected chi connectivity index (χ1v) is 9.81. The number of aromatic nitrogens is 2. The maximum Gasteiger partial charge on any atom is 0.261 e. The summed E-state index contributed by atoms with van der Waals surface area (Å²) in [6.07, 6.45) is 4.04. The molecule has 2 aromatic rings. The molecule has 1 aromatic carbocycles. The van der Waals surface area contributed by atoms with Crippen molar-refractivity contribution in [2.75, 3.05) is 31.1 Å². The van der Waals surface area contributed by atoms with Crippen molar-refractivity contribution in [3.8, 4) is 0 Å². The van der Waals surface area contributed by atoms with E-state index in [1.807, 2.05) is 49.2 Å². The van der Waals surface area contributed by atoms with Crippen molar-refractivity contribution in [1.82, 2.24) is 14.7 Å². The first-order chi connectivity index (χ1) is 13.5. The van der Waals surface area contributed by atoms with Crippen molar-refractivity contribution in [1.29, 1.82) is 0 Å². The Morgan fingerprint density at radius 3 is 2.68 bits per heavy atom. The Balaban J connectivity index is 1.61. The van der Waals surface area contributed by atoms with Gasteiger partial charge in [-0.2, -0.15) is 5.10 Å². The second kappa shape index (κ2) is 7.39. The van der Waals surface area contributed by atoms with Gasteiger partial charge in [0.1, 0.15) is 0 Å². The van der Waals surface area contributed by atoms with Gasteiger partial charge in [-0.15, -0.1) is 0 Å². The zero-order chi connectivity index (χ0) is 19.7. The van der Waals surface area contributed by atoms with E-state index in [-0.39, 0.29) is 18.4 Å². The number of benzene rings is 1. The third-order valence-corrected chi connectivity index (χ3v) is 5.85. The molecule has 1 atom stereocenters. The average Bonchev–Trinajstić information content (AvgIpc) is 2.98. The number of hydrogen-bond acceptors (Lipinski definition) is 4. The maximum absolute atomic E-state index is 13.5. The summed E-state index contributed by atoms with van der Waals surface area (Å²) < 4.78 is 7.79. The van der Waals surface area contributed by atoms with E-state index in [1.165, 1.54) is 0 Å². The van der Waals surface area contributed by atoms with Crippen LogP contribution in [0.2, 0.25) is 0 Å². The molecule has 0 aliphatic carbocycles. The Morgan fingerprint density at radius 1 is 1.18 bits per heavy atom. The number of hydrogen-bond donors (Lipinski definition) is 0. The van der Waals surface area contributed by atoms with Crippen LogP contribution in [0.25, 0.3) is 0 Å². The number of para-hydroxylation sites is 1. The van der Waals surface area contributed by atoms with Crippen LogP contribution >= 0.6 is 0 Å². The topological polar surface area (TPSA) is 67.7 Å². The van der Waals surface area contributed by atoms with Crippen LogP contribution in [0.1, 0.15) is 35.3 Å². The zero-order valence-corrected chi connectivity index (χ0v) is 16.4. The fourth-order valence-electron chi connectivity index (χ4n) is 4.11. The summed E-state index contributed by atoms with van der Waals surface area (Å²) in [6.45, 7) is 3.67. The second-order valence-electron chi connectivity index (χ2n) is 7.59. The van der Waals surface area contributed by atoms with E-state index in [1.54, 1.807) is 15.8 Å². The minimum Gasteiger partial charge on any atom is -0.361 e. The van der Waals surface area contributed by atoms with Gasteiger partial charge >= 0.3 is 0 Å². The first kappa shape index (κ1) is 18.7. The van der Waals surface area contributed by atoms with Gasteiger partial charge in [-0.25, -0.2) is 0 Å². The van der Waals surface area contributed by atoms with Gasteiger partial charge in [-0.1, -0.05) is 18.2 Å². The van der Waals surface area contributed by atoms with E-state index < -0.39 is 5.60 Å². The number of carbonyl (C=O) groups is 2. The van der Waals surface area contributed by atoms with E-state index in [9.17, 15) is 9.59 Å². The number of nitrogens with zero attached hydrogens (tertiary/aromatic N) is 4. The lowest BCUT2D eigenvalue weighted by atomic mass is 9.93. The molecule has 2 amide bonds. The van der Waals surface area contributed by atoms with E-state index in [0.717, 1.165) is 24.2 Å². The molecule has 1 aromatic heterocycles. The molecule has 28 heavy (non-hydrogen) atoms. The number of aryl methyl sites for hydroxylation is 1. The molecule has 0 bridgehead atoms. The summed E-state index contributed by atoms with van der Waals surface area (Å²) in [6, 6.07) is 9.70. The van der Waals surface area contributed by atoms with Crippen molar-refractivity contribution < 1.29 is 14.3 Å². The van der Waals surface area contributed by atoms with Crippen LogP contribution in [0.5, 0.6) is 0 Å². The molecule has 2 aliphatic heterocycles. The van der Waals surface area contributed by atoms with Gasteiger partial charge in [-0.05, 0) is 38.3 Å². The predicted molar refractivity (Wildman–Crippen MR) is 105 cm³/mol. The van der Waals surface area contributed by atoms with Gasteiger partial charge in [0.15, 0.2) is 5.60 Å². The molecule has 148 valence electrons. The number of amides is 2. The first-order valence-electron chi connectivity index (χ1n) is 9.81. The average molecular weight is 382 g/mol. The number of anilines is 1. The van der Waals surface area contributed by atoms with Crippen molar-refractivity contribution in [2.24, 2.45) is 7.05 Å². The summed E-state index contributed by atoms with van der Waals surface area (Å²) in [7, 11) is 1.82. The van der Waals surface area contributed by atoms with E-state index >= 15 is 0 Å². The lowest BCUT2D eigenvalue weighted by molar-refractivity contribution is -0.155. The molecule has 7 heteroatoms. The lowest BCUT2D eigenvalue weighted by Crippen LogP contribution is -2.61. The molecule has 1 unspecified atom stereocenters. The third kappa shape index (κ3) is 3.20. The van der Waals surface area contributed by atoms with Crippen LogP contribution in [0, 0.1) is 6.92 Å². The summed E-state index contributed by atoms with van der Waals surface area (Å²) in [4.78, 5) is 30.2. The quantitative estimate of drug-likeness (QED) is 0.798. The maximum atomic E-state index is 13.5. The minimum absolute atomic E-state index is 0.0448. The zero-order valence-electron chi connectivity index (χ0n) is 16.4. The van der Waals surface area contributed by atoms with Crippen LogP contribution < -0.4 is 4.90 Å². The Labute approximate surface area is 164 Å². The number of ether oxygens (including phenoxy) is 1. The molecular formula is C21H26N4O3. The van der Waals surface area contributed by atoms with E-state index in [2.05, 4.69) is 5.10 Å². The van der Waals surface area contributed by atoms with Gasteiger partial charge in [0.2, 0.25) is 0 Å². The number of morpholine rings is 1. The van der Waals surface area contributed by atoms with Crippen LogP contribution in [-0.2, 0) is 16.6 Å². The standard InChI is InChI=1S/C21H26N4O3/c1-16-18(14-22-23(16)2)19(26)24-12-13-28-21(15-24)10-6-7-11-25(20(21)27)17-8-4-3-5-9-17/h3-5,8-9,14H,6-7,10-13,15H2,1-2H3. The van der Waals surface area contributed by atoms with Gasteiger partial charge in [0.25, 0.3) is 11.8 Å². The summed E-state index contributed by atoms with van der Waals surface area (Å²) in [5.41, 5.74) is 1.31. The monoisotopic (exact) mass is 382 g/mol. The molecule has 2 fully saturated rings. The molecule has 7 nitrogen and oxygen atoms in total. The molecule has 4 rings (SSSR count). The van der Waals surface area contributed by atoms with E-state index in [4.69, 9.17) is 4.74 Å². The Morgan fingerprint density at radius 2 is 1.96 bits per heavy atom. The van der Waals surface area contributed by atoms with Crippen LogP contribution in [0.3, 0.4) is 0 Å². The predicted octanol–water partition coefficient (Wildman–Crippen LogP) is 2.16. The summed E-state index contributed by atoms with van der Waals surface area (Å²) in [5, 5.41) is 4.18. The number of carbonyl (C=O) groups excluding carboxylic acids is 2. The van der Waals surface area contributed by atoms with Crippen LogP contribution in [0.4, 0.5) is 5.69 Å². The largest absolute Gasteiger partial charge is 0.361 e. The second-order valence-corrected chi connectivity index (χ2v) is 7.59. The number of rotatable bonds is 2. The van der Waals surface area contributed by atoms with E-state index in [0.29, 0.717) is 31.7 Å². The van der Waals surface area contributed by atoms with Gasteiger partial charge < -0.3 is 14.5 Å². The molecule has 0 radical (unpaired) electrons. The van der Waals surface area contributed by atoms with Gasteiger partial charge in [-0.3, -0.25) is 14.3 Å². The van der Waals surface area contributed by atoms with Crippen molar-refractivity contribution in [3.63, 3.8) is 0 Å². The molecule has 2 saturated heterocycles. The Kier molecular flexibility index (Phi) is 4.93. The molecular weight excluding hydrogens is 356 g/mol.